The third-order valence-corrected chi connectivity index (χ3v) is 8.43. The molecule has 2 saturated carbocycles. The standard InChI is InChI=1S/C30H33N3O2/c1-29(2)17-22(13-14-35-29)21-11-12-26-23(15-21)16-27(28(34)32(3)24-7-5-4-6-8-24)33(26)30(19-31)18-25(30)20-9-10-20/h4-8,11-12,15-16,20,22,25H,9-10,13-14,17-18H2,1-3H3/t22-,25?,30?/m0/s1. The van der Waals surface area contributed by atoms with Crippen LogP contribution in [-0.2, 0) is 10.3 Å². The van der Waals surface area contributed by atoms with E-state index >= 15 is 0 Å². The van der Waals surface area contributed by atoms with Gasteiger partial charge in [-0.15, -0.1) is 0 Å². The van der Waals surface area contributed by atoms with Gasteiger partial charge in [-0.2, -0.15) is 5.26 Å². The zero-order chi connectivity index (χ0) is 24.4. The monoisotopic (exact) mass is 467 g/mol. The van der Waals surface area contributed by atoms with Crippen molar-refractivity contribution in [1.29, 1.82) is 5.26 Å². The zero-order valence-electron chi connectivity index (χ0n) is 20.8. The van der Waals surface area contributed by atoms with Crippen LogP contribution in [0.3, 0.4) is 0 Å². The molecule has 1 aromatic heterocycles. The molecule has 3 aromatic rings. The van der Waals surface area contributed by atoms with Crippen LogP contribution in [-0.4, -0.2) is 29.7 Å². The summed E-state index contributed by atoms with van der Waals surface area (Å²) in [7, 11) is 1.82. The number of ether oxygens (including phenoxy) is 1. The molecule has 6 rings (SSSR count). The van der Waals surface area contributed by atoms with Crippen LogP contribution in [0.2, 0.25) is 0 Å². The van der Waals surface area contributed by atoms with Crippen molar-refractivity contribution in [3.8, 4) is 6.07 Å². The number of amides is 1. The van der Waals surface area contributed by atoms with Gasteiger partial charge in [0, 0.05) is 30.6 Å². The molecule has 5 heteroatoms. The Kier molecular flexibility index (Phi) is 5.09. The number of nitrogens with zero attached hydrogens (tertiary/aromatic N) is 3. The fraction of sp³-hybridized carbons (Fsp3) is 0.467. The molecule has 3 atom stereocenters. The van der Waals surface area contributed by atoms with E-state index in [-0.39, 0.29) is 11.5 Å². The Morgan fingerprint density at radius 3 is 2.54 bits per heavy atom. The van der Waals surface area contributed by atoms with Crippen molar-refractivity contribution < 1.29 is 9.53 Å². The number of hydrogen-bond donors (Lipinski definition) is 0. The molecule has 0 radical (unpaired) electrons. The Bertz CT molecular complexity index is 1330. The summed E-state index contributed by atoms with van der Waals surface area (Å²) < 4.78 is 8.03. The molecule has 3 aliphatic rings. The van der Waals surface area contributed by atoms with Crippen LogP contribution in [0.1, 0.15) is 67.9 Å². The number of rotatable bonds is 5. The van der Waals surface area contributed by atoms with E-state index in [4.69, 9.17) is 4.74 Å². The van der Waals surface area contributed by atoms with Gasteiger partial charge in [0.15, 0.2) is 0 Å². The number of aromatic nitrogens is 1. The van der Waals surface area contributed by atoms with Crippen LogP contribution < -0.4 is 4.90 Å². The molecule has 2 unspecified atom stereocenters. The van der Waals surface area contributed by atoms with Crippen LogP contribution in [0, 0.1) is 23.2 Å². The highest BCUT2D eigenvalue weighted by Gasteiger charge is 2.63. The quantitative estimate of drug-likeness (QED) is 0.446. The number of para-hydroxylation sites is 1. The molecule has 3 fully saturated rings. The number of hydrogen-bond acceptors (Lipinski definition) is 3. The highest BCUT2D eigenvalue weighted by atomic mass is 16.5. The Hall–Kier alpha value is -3.10. The van der Waals surface area contributed by atoms with E-state index in [1.54, 1.807) is 4.90 Å². The number of fused-ring (bicyclic) bond motifs is 1. The molecule has 2 aliphatic carbocycles. The predicted molar refractivity (Wildman–Crippen MR) is 138 cm³/mol. The minimum atomic E-state index is -0.617. The maximum absolute atomic E-state index is 13.9. The fourth-order valence-corrected chi connectivity index (χ4v) is 6.30. The van der Waals surface area contributed by atoms with Gasteiger partial charge in [0.25, 0.3) is 5.91 Å². The normalized spacial score (nSPS) is 27.4. The first-order valence-electron chi connectivity index (χ1n) is 12.9. The van der Waals surface area contributed by atoms with Gasteiger partial charge in [-0.05, 0) is 93.7 Å². The van der Waals surface area contributed by atoms with Crippen molar-refractivity contribution in [2.75, 3.05) is 18.6 Å². The van der Waals surface area contributed by atoms with Crippen LogP contribution >= 0.6 is 0 Å². The Balaban J connectivity index is 1.45. The van der Waals surface area contributed by atoms with Crippen LogP contribution in [0.25, 0.3) is 10.9 Å². The molecule has 2 heterocycles. The molecule has 1 amide bonds. The van der Waals surface area contributed by atoms with Crippen LogP contribution in [0.15, 0.2) is 54.6 Å². The maximum Gasteiger partial charge on any atom is 0.274 e. The molecule has 0 spiro atoms. The smallest absolute Gasteiger partial charge is 0.274 e. The number of carbonyl (C=O) groups excluding carboxylic acids is 1. The van der Waals surface area contributed by atoms with E-state index in [9.17, 15) is 10.1 Å². The second-order valence-electron chi connectivity index (χ2n) is 11.4. The van der Waals surface area contributed by atoms with Gasteiger partial charge in [0.1, 0.15) is 11.2 Å². The largest absolute Gasteiger partial charge is 0.376 e. The van der Waals surface area contributed by atoms with Crippen molar-refractivity contribution >= 4 is 22.5 Å². The van der Waals surface area contributed by atoms with Crippen molar-refractivity contribution in [2.24, 2.45) is 11.8 Å². The number of nitriles is 1. The summed E-state index contributed by atoms with van der Waals surface area (Å²) >= 11 is 0. The summed E-state index contributed by atoms with van der Waals surface area (Å²) in [6.45, 7) is 5.08. The second kappa shape index (κ2) is 7.96. The molecule has 5 nitrogen and oxygen atoms in total. The lowest BCUT2D eigenvalue weighted by atomic mass is 9.83. The van der Waals surface area contributed by atoms with E-state index in [0.717, 1.165) is 42.5 Å². The van der Waals surface area contributed by atoms with Gasteiger partial charge in [-0.25, -0.2) is 0 Å². The minimum absolute atomic E-state index is 0.0720. The van der Waals surface area contributed by atoms with Gasteiger partial charge in [0.05, 0.1) is 17.2 Å². The van der Waals surface area contributed by atoms with Crippen molar-refractivity contribution in [3.63, 3.8) is 0 Å². The molecule has 180 valence electrons. The van der Waals surface area contributed by atoms with Crippen molar-refractivity contribution in [1.82, 2.24) is 4.57 Å². The number of benzene rings is 2. The zero-order valence-corrected chi connectivity index (χ0v) is 20.8. The van der Waals surface area contributed by atoms with E-state index in [2.05, 4.69) is 42.7 Å². The maximum atomic E-state index is 13.9. The predicted octanol–water partition coefficient (Wildman–Crippen LogP) is 6.24. The Morgan fingerprint density at radius 1 is 1.09 bits per heavy atom. The van der Waals surface area contributed by atoms with Gasteiger partial charge in [0.2, 0.25) is 0 Å². The summed E-state index contributed by atoms with van der Waals surface area (Å²) in [4.78, 5) is 15.6. The average Bonchev–Trinajstić information content (AvgIpc) is 3.78. The highest BCUT2D eigenvalue weighted by Crippen LogP contribution is 2.62. The average molecular weight is 468 g/mol. The first-order chi connectivity index (χ1) is 16.8. The van der Waals surface area contributed by atoms with Gasteiger partial charge >= 0.3 is 0 Å². The van der Waals surface area contributed by atoms with Gasteiger partial charge in [-0.1, -0.05) is 24.3 Å². The summed E-state index contributed by atoms with van der Waals surface area (Å²) in [6, 6.07) is 21.0. The van der Waals surface area contributed by atoms with Crippen molar-refractivity contribution in [3.05, 3.63) is 65.9 Å². The Labute approximate surface area is 207 Å². The summed E-state index contributed by atoms with van der Waals surface area (Å²) in [5.74, 6) is 1.32. The summed E-state index contributed by atoms with van der Waals surface area (Å²) in [6.07, 6.45) is 5.22. The molecule has 1 saturated heterocycles. The molecular weight excluding hydrogens is 434 g/mol. The lowest BCUT2D eigenvalue weighted by Gasteiger charge is -2.35. The first kappa shape index (κ1) is 22.4. The molecule has 1 aliphatic heterocycles. The lowest BCUT2D eigenvalue weighted by molar-refractivity contribution is -0.0592. The summed E-state index contributed by atoms with van der Waals surface area (Å²) in [5, 5.41) is 11.5. The molecule has 35 heavy (non-hydrogen) atoms. The third kappa shape index (κ3) is 3.76. The van der Waals surface area contributed by atoms with Crippen LogP contribution in [0.5, 0.6) is 0 Å². The van der Waals surface area contributed by atoms with E-state index in [0.29, 0.717) is 23.4 Å². The van der Waals surface area contributed by atoms with Gasteiger partial charge < -0.3 is 14.2 Å². The molecule has 2 aromatic carbocycles. The molecule has 0 N–H and O–H groups in total. The molecule has 0 bridgehead atoms. The van der Waals surface area contributed by atoms with E-state index in [1.807, 2.05) is 43.4 Å². The third-order valence-electron chi connectivity index (χ3n) is 8.43. The lowest BCUT2D eigenvalue weighted by Crippen LogP contribution is -2.33. The van der Waals surface area contributed by atoms with E-state index in [1.165, 1.54) is 18.4 Å². The highest BCUT2D eigenvalue weighted by molar-refractivity contribution is 6.08. The summed E-state index contributed by atoms with van der Waals surface area (Å²) in [5.41, 5.74) is 3.00. The number of carbonyl (C=O) groups is 1. The van der Waals surface area contributed by atoms with E-state index < -0.39 is 5.54 Å². The molecular formula is C30H33N3O2. The van der Waals surface area contributed by atoms with Gasteiger partial charge in [-0.3, -0.25) is 4.79 Å². The Morgan fingerprint density at radius 2 is 1.86 bits per heavy atom. The topological polar surface area (TPSA) is 58.3 Å². The van der Waals surface area contributed by atoms with Crippen molar-refractivity contribution in [2.45, 2.75) is 63.0 Å². The minimum Gasteiger partial charge on any atom is -0.376 e. The second-order valence-corrected chi connectivity index (χ2v) is 11.4. The SMILES string of the molecule is CN(C(=O)c1cc2cc([C@H]3CCOC(C)(C)C3)ccc2n1C1(C#N)CC1C1CC1)c1ccccc1. The first-order valence-corrected chi connectivity index (χ1v) is 12.9. The fourth-order valence-electron chi connectivity index (χ4n) is 6.30. The number of anilines is 1. The van der Waals surface area contributed by atoms with Crippen LogP contribution in [0.4, 0.5) is 5.69 Å².